The summed E-state index contributed by atoms with van der Waals surface area (Å²) in [7, 11) is 0. The standard InChI is InChI=1S/C21H25ClN6O2S/c22-21-24-16-13-17(31-19(16)20(25-21)28-8-11-30-12-9-28)15-1-2-18(23-14-15)27-5-3-26(4-6-27)7-10-29/h1-2,13-14,29H,3-12H2. The van der Waals surface area contributed by atoms with Crippen molar-refractivity contribution in [3.8, 4) is 10.4 Å². The second-order valence-corrected chi connectivity index (χ2v) is 9.09. The molecule has 10 heteroatoms. The van der Waals surface area contributed by atoms with Crippen molar-refractivity contribution in [2.45, 2.75) is 0 Å². The highest BCUT2D eigenvalue weighted by atomic mass is 35.5. The Kier molecular flexibility index (Phi) is 6.20. The van der Waals surface area contributed by atoms with Gasteiger partial charge >= 0.3 is 0 Å². The number of rotatable bonds is 5. The molecule has 5 rings (SSSR count). The summed E-state index contributed by atoms with van der Waals surface area (Å²) in [4.78, 5) is 21.6. The van der Waals surface area contributed by atoms with Gasteiger partial charge in [-0.1, -0.05) is 0 Å². The maximum atomic E-state index is 9.11. The molecule has 164 valence electrons. The number of aliphatic hydroxyl groups is 1. The Bertz CT molecular complexity index is 1030. The summed E-state index contributed by atoms with van der Waals surface area (Å²) >= 11 is 7.90. The smallest absolute Gasteiger partial charge is 0.224 e. The molecule has 3 aromatic heterocycles. The largest absolute Gasteiger partial charge is 0.395 e. The van der Waals surface area contributed by atoms with E-state index < -0.39 is 0 Å². The number of aromatic nitrogens is 3. The number of anilines is 2. The molecule has 3 aromatic rings. The Balaban J connectivity index is 1.37. The highest BCUT2D eigenvalue weighted by molar-refractivity contribution is 7.22. The number of thiophene rings is 1. The molecule has 5 heterocycles. The number of hydrogen-bond donors (Lipinski definition) is 1. The van der Waals surface area contributed by atoms with Crippen LogP contribution in [0.5, 0.6) is 0 Å². The topological polar surface area (TPSA) is 77.9 Å². The fourth-order valence-corrected chi connectivity index (χ4v) is 5.36. The van der Waals surface area contributed by atoms with Gasteiger partial charge in [0.1, 0.15) is 5.82 Å². The van der Waals surface area contributed by atoms with Gasteiger partial charge < -0.3 is 19.6 Å². The fourth-order valence-electron chi connectivity index (χ4n) is 4.08. The lowest BCUT2D eigenvalue weighted by Gasteiger charge is -2.35. The minimum atomic E-state index is 0.213. The van der Waals surface area contributed by atoms with Gasteiger partial charge in [0, 0.05) is 62.5 Å². The number of hydrogen-bond acceptors (Lipinski definition) is 9. The van der Waals surface area contributed by atoms with Crippen LogP contribution in [0.3, 0.4) is 0 Å². The highest BCUT2D eigenvalue weighted by Crippen LogP contribution is 2.38. The fraction of sp³-hybridized carbons (Fsp3) is 0.476. The van der Waals surface area contributed by atoms with Gasteiger partial charge in [0.2, 0.25) is 5.28 Å². The zero-order valence-electron chi connectivity index (χ0n) is 17.2. The number of pyridine rings is 1. The molecule has 2 saturated heterocycles. The van der Waals surface area contributed by atoms with Gasteiger partial charge in [-0.3, -0.25) is 4.90 Å². The normalized spacial score (nSPS) is 18.1. The van der Waals surface area contributed by atoms with Crippen molar-refractivity contribution in [3.05, 3.63) is 29.7 Å². The third-order valence-electron chi connectivity index (χ3n) is 5.78. The van der Waals surface area contributed by atoms with Crippen molar-refractivity contribution in [1.82, 2.24) is 19.9 Å². The summed E-state index contributed by atoms with van der Waals surface area (Å²) in [5.74, 6) is 1.88. The molecule has 1 N–H and O–H groups in total. The van der Waals surface area contributed by atoms with Crippen LogP contribution in [0.4, 0.5) is 11.6 Å². The molecule has 2 aliphatic rings. The zero-order valence-corrected chi connectivity index (χ0v) is 18.8. The van der Waals surface area contributed by atoms with E-state index in [1.54, 1.807) is 11.3 Å². The van der Waals surface area contributed by atoms with Crippen molar-refractivity contribution in [2.75, 3.05) is 75.4 Å². The first-order valence-corrected chi connectivity index (χ1v) is 11.7. The molecule has 0 spiro atoms. The summed E-state index contributed by atoms with van der Waals surface area (Å²) in [6.07, 6.45) is 1.93. The van der Waals surface area contributed by atoms with Crippen LogP contribution in [-0.2, 0) is 4.74 Å². The summed E-state index contributed by atoms with van der Waals surface area (Å²) in [5.41, 5.74) is 1.93. The summed E-state index contributed by atoms with van der Waals surface area (Å²) in [6.45, 7) is 7.69. The summed E-state index contributed by atoms with van der Waals surface area (Å²) in [5, 5.41) is 9.38. The van der Waals surface area contributed by atoms with Gasteiger partial charge in [-0.05, 0) is 29.8 Å². The van der Waals surface area contributed by atoms with Crippen LogP contribution in [0.25, 0.3) is 20.7 Å². The van der Waals surface area contributed by atoms with Gasteiger partial charge in [0.05, 0.1) is 30.0 Å². The second kappa shape index (κ2) is 9.22. The molecule has 8 nitrogen and oxygen atoms in total. The predicted molar refractivity (Wildman–Crippen MR) is 124 cm³/mol. The van der Waals surface area contributed by atoms with Gasteiger partial charge in [-0.2, -0.15) is 4.98 Å². The molecule has 0 atom stereocenters. The van der Waals surface area contributed by atoms with Crippen LogP contribution in [0.2, 0.25) is 5.28 Å². The Hall–Kier alpha value is -2.04. The van der Waals surface area contributed by atoms with E-state index in [1.807, 2.05) is 6.20 Å². The van der Waals surface area contributed by atoms with E-state index in [2.05, 4.69) is 42.9 Å². The monoisotopic (exact) mass is 460 g/mol. The van der Waals surface area contributed by atoms with Crippen molar-refractivity contribution in [3.63, 3.8) is 0 Å². The summed E-state index contributed by atoms with van der Waals surface area (Å²) in [6, 6.07) is 6.28. The maximum Gasteiger partial charge on any atom is 0.224 e. The molecule has 0 aromatic carbocycles. The molecule has 0 aliphatic carbocycles. The van der Waals surface area contributed by atoms with E-state index in [-0.39, 0.29) is 11.9 Å². The van der Waals surface area contributed by atoms with Crippen molar-refractivity contribution >= 4 is 44.8 Å². The zero-order chi connectivity index (χ0) is 21.2. The van der Waals surface area contributed by atoms with Crippen LogP contribution in [0.1, 0.15) is 0 Å². The number of halogens is 1. The quantitative estimate of drug-likeness (QED) is 0.581. The lowest BCUT2D eigenvalue weighted by Crippen LogP contribution is -2.47. The van der Waals surface area contributed by atoms with Crippen molar-refractivity contribution in [2.24, 2.45) is 0 Å². The Labute approximate surface area is 190 Å². The number of β-amino-alcohol motifs (C(OH)–C–C–N with tert-alkyl or cyclic N) is 1. The van der Waals surface area contributed by atoms with E-state index in [0.29, 0.717) is 13.2 Å². The third kappa shape index (κ3) is 4.47. The van der Waals surface area contributed by atoms with E-state index in [9.17, 15) is 0 Å². The van der Waals surface area contributed by atoms with Crippen molar-refractivity contribution in [1.29, 1.82) is 0 Å². The summed E-state index contributed by atoms with van der Waals surface area (Å²) < 4.78 is 6.52. The van der Waals surface area contributed by atoms with E-state index in [0.717, 1.165) is 78.1 Å². The minimum Gasteiger partial charge on any atom is -0.395 e. The molecule has 2 aliphatic heterocycles. The molecule has 0 unspecified atom stereocenters. The van der Waals surface area contributed by atoms with Crippen LogP contribution in [0, 0.1) is 0 Å². The predicted octanol–water partition coefficient (Wildman–Crippen LogP) is 2.36. The molecule has 31 heavy (non-hydrogen) atoms. The molecular formula is C21H25ClN6O2S. The number of morpholine rings is 1. The van der Waals surface area contributed by atoms with Gasteiger partial charge in [-0.25, -0.2) is 9.97 Å². The first kappa shape index (κ1) is 20.8. The Morgan fingerprint density at radius 1 is 1.03 bits per heavy atom. The van der Waals surface area contributed by atoms with Gasteiger partial charge in [-0.15, -0.1) is 11.3 Å². The molecular weight excluding hydrogens is 436 g/mol. The SMILES string of the molecule is OCCN1CCN(c2ccc(-c3cc4nc(Cl)nc(N5CCOCC5)c4s3)cn2)CC1. The van der Waals surface area contributed by atoms with Crippen LogP contribution in [0.15, 0.2) is 24.4 Å². The first-order valence-electron chi connectivity index (χ1n) is 10.6. The molecule has 0 bridgehead atoms. The lowest BCUT2D eigenvalue weighted by molar-refractivity contribution is 0.122. The molecule has 2 fully saturated rings. The van der Waals surface area contributed by atoms with E-state index in [1.165, 1.54) is 0 Å². The van der Waals surface area contributed by atoms with Gasteiger partial charge in [0.15, 0.2) is 5.82 Å². The number of nitrogens with zero attached hydrogens (tertiary/aromatic N) is 6. The van der Waals surface area contributed by atoms with Crippen LogP contribution >= 0.6 is 22.9 Å². The Morgan fingerprint density at radius 2 is 1.84 bits per heavy atom. The van der Waals surface area contributed by atoms with Crippen LogP contribution in [-0.4, -0.2) is 90.6 Å². The van der Waals surface area contributed by atoms with Gasteiger partial charge in [0.25, 0.3) is 0 Å². The molecule has 0 saturated carbocycles. The van der Waals surface area contributed by atoms with E-state index in [4.69, 9.17) is 26.4 Å². The molecule has 0 amide bonds. The average Bonchev–Trinajstić information content (AvgIpc) is 3.24. The number of fused-ring (bicyclic) bond motifs is 1. The van der Waals surface area contributed by atoms with E-state index >= 15 is 0 Å². The lowest BCUT2D eigenvalue weighted by atomic mass is 10.2. The van der Waals surface area contributed by atoms with Crippen LogP contribution < -0.4 is 9.80 Å². The number of aliphatic hydroxyl groups excluding tert-OH is 1. The highest BCUT2D eigenvalue weighted by Gasteiger charge is 2.20. The number of ether oxygens (including phenoxy) is 1. The minimum absolute atomic E-state index is 0.213. The maximum absolute atomic E-state index is 9.11. The third-order valence-corrected chi connectivity index (χ3v) is 7.12. The average molecular weight is 461 g/mol. The Morgan fingerprint density at radius 3 is 2.55 bits per heavy atom. The first-order chi connectivity index (χ1) is 15.2. The molecule has 0 radical (unpaired) electrons. The second-order valence-electron chi connectivity index (χ2n) is 7.70. The number of piperazine rings is 1. The van der Waals surface area contributed by atoms with Crippen molar-refractivity contribution < 1.29 is 9.84 Å².